The summed E-state index contributed by atoms with van der Waals surface area (Å²) in [7, 11) is -1.23. The molecule has 1 aliphatic heterocycles. The number of aryl methyl sites for hydroxylation is 1. The molecule has 0 atom stereocenters. The van der Waals surface area contributed by atoms with Gasteiger partial charge < -0.3 is 15.1 Å². The Balaban J connectivity index is 1.65. The summed E-state index contributed by atoms with van der Waals surface area (Å²) in [5.74, 6) is -0.235. The van der Waals surface area contributed by atoms with E-state index in [0.29, 0.717) is 16.8 Å². The van der Waals surface area contributed by atoms with E-state index in [1.807, 2.05) is 24.3 Å². The van der Waals surface area contributed by atoms with Gasteiger partial charge in [0.2, 0.25) is 10.0 Å². The zero-order chi connectivity index (χ0) is 20.3. The van der Waals surface area contributed by atoms with Gasteiger partial charge in [0.1, 0.15) is 0 Å². The molecule has 0 aromatic heterocycles. The second-order valence-corrected chi connectivity index (χ2v) is 8.94. The normalized spacial score (nSPS) is 15.3. The highest BCUT2D eigenvalue weighted by molar-refractivity contribution is 7.92. The first-order chi connectivity index (χ1) is 13.2. The summed E-state index contributed by atoms with van der Waals surface area (Å²) >= 11 is 0. The number of anilines is 3. The fraction of sp³-hybridized carbons (Fsp3) is 0.350. The number of rotatable bonds is 5. The van der Waals surface area contributed by atoms with Crippen LogP contribution in [-0.2, 0) is 10.0 Å². The molecule has 3 rings (SSSR count). The molecule has 1 fully saturated rings. The van der Waals surface area contributed by atoms with E-state index in [1.54, 1.807) is 25.1 Å². The van der Waals surface area contributed by atoms with Gasteiger partial charge in [-0.05, 0) is 62.0 Å². The fourth-order valence-electron chi connectivity index (χ4n) is 3.14. The number of nitrogens with zero attached hydrogens (tertiary/aromatic N) is 2. The zero-order valence-electron chi connectivity index (χ0n) is 16.4. The molecule has 150 valence electrons. The summed E-state index contributed by atoms with van der Waals surface area (Å²) in [4.78, 5) is 17.2. The van der Waals surface area contributed by atoms with Gasteiger partial charge in [0.15, 0.2) is 0 Å². The highest BCUT2D eigenvalue weighted by Crippen LogP contribution is 2.21. The number of hydrogen-bond acceptors (Lipinski definition) is 5. The van der Waals surface area contributed by atoms with E-state index < -0.39 is 10.0 Å². The first-order valence-electron chi connectivity index (χ1n) is 9.14. The van der Waals surface area contributed by atoms with E-state index in [9.17, 15) is 13.2 Å². The van der Waals surface area contributed by atoms with Crippen LogP contribution in [0.15, 0.2) is 42.5 Å². The van der Waals surface area contributed by atoms with Gasteiger partial charge in [0.25, 0.3) is 5.91 Å². The minimum absolute atomic E-state index is 0.235. The van der Waals surface area contributed by atoms with Crippen molar-refractivity contribution >= 4 is 33.0 Å². The Hall–Kier alpha value is -2.58. The van der Waals surface area contributed by atoms with Gasteiger partial charge in [-0.1, -0.05) is 0 Å². The van der Waals surface area contributed by atoms with Crippen LogP contribution >= 0.6 is 0 Å². The van der Waals surface area contributed by atoms with Crippen molar-refractivity contribution in [3.63, 3.8) is 0 Å². The maximum absolute atomic E-state index is 12.5. The highest BCUT2D eigenvalue weighted by Gasteiger charge is 2.15. The van der Waals surface area contributed by atoms with Gasteiger partial charge in [0.05, 0.1) is 11.9 Å². The minimum Gasteiger partial charge on any atom is -0.369 e. The van der Waals surface area contributed by atoms with E-state index >= 15 is 0 Å². The molecule has 2 N–H and O–H groups in total. The summed E-state index contributed by atoms with van der Waals surface area (Å²) in [6.45, 7) is 5.84. The maximum atomic E-state index is 12.5. The Morgan fingerprint density at radius 1 is 1.00 bits per heavy atom. The van der Waals surface area contributed by atoms with Crippen LogP contribution < -0.4 is 14.9 Å². The quantitative estimate of drug-likeness (QED) is 0.802. The minimum atomic E-state index is -3.36. The lowest BCUT2D eigenvalue weighted by Gasteiger charge is -2.34. The lowest BCUT2D eigenvalue weighted by molar-refractivity contribution is 0.102. The Labute approximate surface area is 166 Å². The third-order valence-electron chi connectivity index (χ3n) is 4.78. The molecular weight excluding hydrogens is 376 g/mol. The Bertz CT molecular complexity index is 950. The van der Waals surface area contributed by atoms with E-state index in [0.717, 1.165) is 43.8 Å². The number of amides is 1. The topological polar surface area (TPSA) is 81.8 Å². The monoisotopic (exact) mass is 402 g/mol. The summed E-state index contributed by atoms with van der Waals surface area (Å²) in [5, 5.41) is 2.89. The number of piperazine rings is 1. The van der Waals surface area contributed by atoms with Crippen LogP contribution in [0.25, 0.3) is 0 Å². The van der Waals surface area contributed by atoms with Crippen molar-refractivity contribution < 1.29 is 13.2 Å². The number of carbonyl (C=O) groups excluding carboxylic acids is 1. The largest absolute Gasteiger partial charge is 0.369 e. The molecule has 0 aliphatic carbocycles. The summed E-state index contributed by atoms with van der Waals surface area (Å²) in [6.07, 6.45) is 1.10. The van der Waals surface area contributed by atoms with E-state index in [1.165, 1.54) is 0 Å². The molecule has 2 aromatic rings. The number of nitrogens with one attached hydrogen (secondary N) is 2. The zero-order valence-corrected chi connectivity index (χ0v) is 17.2. The van der Waals surface area contributed by atoms with Crippen molar-refractivity contribution in [2.24, 2.45) is 0 Å². The van der Waals surface area contributed by atoms with Crippen molar-refractivity contribution in [1.29, 1.82) is 0 Å². The molecule has 0 spiro atoms. The van der Waals surface area contributed by atoms with E-state index in [-0.39, 0.29) is 5.91 Å². The third kappa shape index (κ3) is 5.24. The van der Waals surface area contributed by atoms with Gasteiger partial charge in [0, 0.05) is 43.1 Å². The standard InChI is InChI=1S/C20H26N4O3S/c1-15-14-16(4-9-19(15)22-28(3,26)27)20(25)21-17-5-7-18(8-6-17)24-12-10-23(2)11-13-24/h4-9,14,22H,10-13H2,1-3H3,(H,21,25). The average molecular weight is 403 g/mol. The Morgan fingerprint density at radius 2 is 1.64 bits per heavy atom. The SMILES string of the molecule is Cc1cc(C(=O)Nc2ccc(N3CCN(C)CC3)cc2)ccc1NS(C)(=O)=O. The molecule has 1 aliphatic rings. The molecule has 0 saturated carbocycles. The number of sulfonamides is 1. The second kappa shape index (κ2) is 8.20. The van der Waals surface area contributed by atoms with Gasteiger partial charge in [-0.15, -0.1) is 0 Å². The van der Waals surface area contributed by atoms with Crippen molar-refractivity contribution in [2.75, 3.05) is 54.4 Å². The number of benzene rings is 2. The Kier molecular flexibility index (Phi) is 5.90. The van der Waals surface area contributed by atoms with Crippen molar-refractivity contribution in [2.45, 2.75) is 6.92 Å². The van der Waals surface area contributed by atoms with Crippen LogP contribution in [0.3, 0.4) is 0 Å². The molecular formula is C20H26N4O3S. The lowest BCUT2D eigenvalue weighted by Crippen LogP contribution is -2.44. The van der Waals surface area contributed by atoms with Crippen LogP contribution in [0.2, 0.25) is 0 Å². The summed E-state index contributed by atoms with van der Waals surface area (Å²) in [5.41, 5.74) is 3.50. The van der Waals surface area contributed by atoms with E-state index in [4.69, 9.17) is 0 Å². The molecule has 1 saturated heterocycles. The van der Waals surface area contributed by atoms with Gasteiger partial charge in [-0.2, -0.15) is 0 Å². The highest BCUT2D eigenvalue weighted by atomic mass is 32.2. The second-order valence-electron chi connectivity index (χ2n) is 7.20. The van der Waals surface area contributed by atoms with Crippen LogP contribution in [-0.4, -0.2) is 58.7 Å². The van der Waals surface area contributed by atoms with Gasteiger partial charge in [-0.3, -0.25) is 9.52 Å². The van der Waals surface area contributed by atoms with Crippen LogP contribution in [0.1, 0.15) is 15.9 Å². The molecule has 0 radical (unpaired) electrons. The van der Waals surface area contributed by atoms with Gasteiger partial charge in [-0.25, -0.2) is 8.42 Å². The molecule has 0 unspecified atom stereocenters. The number of carbonyl (C=O) groups is 1. The summed E-state index contributed by atoms with van der Waals surface area (Å²) < 4.78 is 25.2. The number of hydrogen-bond donors (Lipinski definition) is 2. The average Bonchev–Trinajstić information content (AvgIpc) is 2.64. The molecule has 7 nitrogen and oxygen atoms in total. The Morgan fingerprint density at radius 3 is 2.21 bits per heavy atom. The smallest absolute Gasteiger partial charge is 0.255 e. The summed E-state index contributed by atoms with van der Waals surface area (Å²) in [6, 6.07) is 12.7. The molecule has 2 aromatic carbocycles. The molecule has 1 amide bonds. The van der Waals surface area contributed by atoms with Crippen molar-refractivity contribution in [3.05, 3.63) is 53.6 Å². The predicted octanol–water partition coefficient (Wildman–Crippen LogP) is 2.37. The molecule has 1 heterocycles. The molecule has 8 heteroatoms. The van der Waals surface area contributed by atoms with Crippen molar-refractivity contribution in [1.82, 2.24) is 4.90 Å². The van der Waals surface area contributed by atoms with Gasteiger partial charge >= 0.3 is 0 Å². The third-order valence-corrected chi connectivity index (χ3v) is 5.37. The molecule has 0 bridgehead atoms. The van der Waals surface area contributed by atoms with Crippen LogP contribution in [0.5, 0.6) is 0 Å². The van der Waals surface area contributed by atoms with Crippen molar-refractivity contribution in [3.8, 4) is 0 Å². The van der Waals surface area contributed by atoms with Crippen LogP contribution in [0, 0.1) is 6.92 Å². The first-order valence-corrected chi connectivity index (χ1v) is 11.0. The first kappa shape index (κ1) is 20.2. The fourth-order valence-corrected chi connectivity index (χ4v) is 3.77. The number of likely N-dealkylation sites (N-methyl/N-ethyl adjacent to an activating group) is 1. The maximum Gasteiger partial charge on any atom is 0.255 e. The van der Waals surface area contributed by atoms with Crippen LogP contribution in [0.4, 0.5) is 17.1 Å². The lowest BCUT2D eigenvalue weighted by atomic mass is 10.1. The molecule has 28 heavy (non-hydrogen) atoms. The van der Waals surface area contributed by atoms with E-state index in [2.05, 4.69) is 26.9 Å². The predicted molar refractivity (Wildman–Crippen MR) is 114 cm³/mol.